The second-order valence-corrected chi connectivity index (χ2v) is 6.89. The second-order valence-electron chi connectivity index (χ2n) is 6.89. The summed E-state index contributed by atoms with van der Waals surface area (Å²) in [7, 11) is 0. The largest absolute Gasteiger partial charge is 0.507 e. The Morgan fingerprint density at radius 1 is 1.23 bits per heavy atom. The van der Waals surface area contributed by atoms with Crippen LogP contribution in [0.25, 0.3) is 22.3 Å². The number of fused-ring (bicyclic) bond motifs is 1. The van der Waals surface area contributed by atoms with E-state index in [1.807, 2.05) is 25.1 Å². The third-order valence-electron chi connectivity index (χ3n) is 4.95. The van der Waals surface area contributed by atoms with Crippen LogP contribution in [0.3, 0.4) is 0 Å². The van der Waals surface area contributed by atoms with Gasteiger partial charge in [-0.1, -0.05) is 6.07 Å². The lowest BCUT2D eigenvalue weighted by Gasteiger charge is -2.20. The maximum Gasteiger partial charge on any atom is 0.165 e. The van der Waals surface area contributed by atoms with Crippen molar-refractivity contribution in [2.24, 2.45) is 11.7 Å². The number of rotatable bonds is 3. The smallest absolute Gasteiger partial charge is 0.165 e. The van der Waals surface area contributed by atoms with Crippen molar-refractivity contribution in [2.45, 2.75) is 13.3 Å². The molecule has 0 bridgehead atoms. The van der Waals surface area contributed by atoms with E-state index >= 15 is 0 Å². The third-order valence-corrected chi connectivity index (χ3v) is 4.95. The van der Waals surface area contributed by atoms with E-state index in [1.165, 1.54) is 12.1 Å². The summed E-state index contributed by atoms with van der Waals surface area (Å²) in [5, 5.41) is 11.1. The fourth-order valence-electron chi connectivity index (χ4n) is 3.50. The molecule has 1 unspecified atom stereocenters. The summed E-state index contributed by atoms with van der Waals surface area (Å²) in [6.07, 6.45) is 1.03. The molecular weight excluding hydrogens is 331 g/mol. The molecule has 3 aromatic rings. The number of hydrogen-bond acceptors (Lipinski definition) is 5. The summed E-state index contributed by atoms with van der Waals surface area (Å²) in [5.74, 6) is 1.03. The molecule has 2 aromatic carbocycles. The number of nitrogens with zero attached hydrogens (tertiary/aromatic N) is 3. The summed E-state index contributed by atoms with van der Waals surface area (Å²) < 4.78 is 13.4. The van der Waals surface area contributed by atoms with Gasteiger partial charge in [-0.25, -0.2) is 14.4 Å². The van der Waals surface area contributed by atoms with Crippen LogP contribution in [0.15, 0.2) is 36.4 Å². The van der Waals surface area contributed by atoms with Crippen molar-refractivity contribution < 1.29 is 9.50 Å². The average Bonchev–Trinajstić information content (AvgIpc) is 3.09. The highest BCUT2D eigenvalue weighted by Gasteiger charge is 2.25. The molecule has 2 heterocycles. The number of aromatic hydroxyl groups is 1. The fraction of sp³-hybridized carbons (Fsp3) is 0.300. The normalized spacial score (nSPS) is 17.2. The Balaban J connectivity index is 1.89. The lowest BCUT2D eigenvalue weighted by atomic mass is 10.1. The van der Waals surface area contributed by atoms with Crippen LogP contribution in [0, 0.1) is 18.7 Å². The molecule has 134 valence electrons. The van der Waals surface area contributed by atoms with E-state index in [0.29, 0.717) is 23.9 Å². The number of aromatic nitrogens is 2. The average molecular weight is 352 g/mol. The van der Waals surface area contributed by atoms with Crippen molar-refractivity contribution in [3.05, 3.63) is 47.8 Å². The van der Waals surface area contributed by atoms with Crippen molar-refractivity contribution in [2.75, 3.05) is 24.5 Å². The molecule has 0 saturated carbocycles. The number of aryl methyl sites for hydroxylation is 1. The van der Waals surface area contributed by atoms with Crippen LogP contribution < -0.4 is 10.6 Å². The van der Waals surface area contributed by atoms with Gasteiger partial charge in [-0.05, 0) is 55.6 Å². The van der Waals surface area contributed by atoms with Gasteiger partial charge in [0.1, 0.15) is 17.4 Å². The molecule has 0 radical (unpaired) electrons. The van der Waals surface area contributed by atoms with Crippen molar-refractivity contribution in [3.8, 4) is 17.1 Å². The van der Waals surface area contributed by atoms with E-state index in [4.69, 9.17) is 10.7 Å². The first-order chi connectivity index (χ1) is 12.5. The molecule has 26 heavy (non-hydrogen) atoms. The van der Waals surface area contributed by atoms with E-state index in [2.05, 4.69) is 9.88 Å². The number of anilines is 1. The number of nitrogens with two attached hydrogens (primary N) is 1. The lowest BCUT2D eigenvalue weighted by Crippen LogP contribution is -2.24. The van der Waals surface area contributed by atoms with E-state index in [-0.39, 0.29) is 5.75 Å². The first-order valence-electron chi connectivity index (χ1n) is 8.77. The molecule has 0 aliphatic carbocycles. The molecule has 5 nitrogen and oxygen atoms in total. The monoisotopic (exact) mass is 352 g/mol. The van der Waals surface area contributed by atoms with E-state index in [9.17, 15) is 9.50 Å². The third kappa shape index (κ3) is 2.97. The van der Waals surface area contributed by atoms with Gasteiger partial charge in [0, 0.05) is 24.5 Å². The minimum atomic E-state index is -0.492. The zero-order valence-corrected chi connectivity index (χ0v) is 14.6. The predicted octanol–water partition coefficient (Wildman–Crippen LogP) is 3.23. The Hall–Kier alpha value is -2.73. The SMILES string of the molecule is Cc1ccc2c(N3CCC(CN)C3)nc(-c3ccc(F)cc3O)nc2c1. The van der Waals surface area contributed by atoms with Gasteiger partial charge in [0.15, 0.2) is 5.82 Å². The van der Waals surface area contributed by atoms with Crippen LogP contribution in [-0.4, -0.2) is 34.7 Å². The highest BCUT2D eigenvalue weighted by atomic mass is 19.1. The zero-order chi connectivity index (χ0) is 18.3. The molecule has 1 aromatic heterocycles. The van der Waals surface area contributed by atoms with Gasteiger partial charge in [-0.2, -0.15) is 0 Å². The molecule has 0 spiro atoms. The Morgan fingerprint density at radius 2 is 2.08 bits per heavy atom. The van der Waals surface area contributed by atoms with Crippen LogP contribution in [0.2, 0.25) is 0 Å². The summed E-state index contributed by atoms with van der Waals surface area (Å²) >= 11 is 0. The maximum absolute atomic E-state index is 13.4. The summed E-state index contributed by atoms with van der Waals surface area (Å²) in [6.45, 7) is 4.41. The van der Waals surface area contributed by atoms with E-state index in [0.717, 1.165) is 47.9 Å². The second kappa shape index (κ2) is 6.53. The molecule has 4 rings (SSSR count). The van der Waals surface area contributed by atoms with Gasteiger partial charge >= 0.3 is 0 Å². The first kappa shape index (κ1) is 16.7. The van der Waals surface area contributed by atoms with Gasteiger partial charge in [-0.15, -0.1) is 0 Å². The highest BCUT2D eigenvalue weighted by molar-refractivity contribution is 5.92. The Bertz CT molecular complexity index is 975. The van der Waals surface area contributed by atoms with Gasteiger partial charge in [-0.3, -0.25) is 0 Å². The summed E-state index contributed by atoms with van der Waals surface area (Å²) in [4.78, 5) is 11.6. The molecule has 1 saturated heterocycles. The first-order valence-corrected chi connectivity index (χ1v) is 8.77. The minimum Gasteiger partial charge on any atom is -0.507 e. The summed E-state index contributed by atoms with van der Waals surface area (Å²) in [5.41, 5.74) is 8.16. The van der Waals surface area contributed by atoms with Crippen molar-refractivity contribution in [1.29, 1.82) is 0 Å². The zero-order valence-electron chi connectivity index (χ0n) is 14.6. The Kier molecular flexibility index (Phi) is 4.20. The molecule has 1 aliphatic rings. The summed E-state index contributed by atoms with van der Waals surface area (Å²) in [6, 6.07) is 9.97. The number of phenolic OH excluding ortho intramolecular Hbond substituents is 1. The minimum absolute atomic E-state index is 0.163. The Labute approximate surface area is 151 Å². The number of hydrogen-bond donors (Lipinski definition) is 2. The van der Waals surface area contributed by atoms with E-state index < -0.39 is 5.82 Å². The molecule has 3 N–H and O–H groups in total. The topological polar surface area (TPSA) is 75.3 Å². The molecule has 1 atom stereocenters. The quantitative estimate of drug-likeness (QED) is 0.757. The predicted molar refractivity (Wildman–Crippen MR) is 101 cm³/mol. The number of phenols is 1. The fourth-order valence-corrected chi connectivity index (χ4v) is 3.50. The van der Waals surface area contributed by atoms with Crippen LogP contribution in [0.4, 0.5) is 10.2 Å². The van der Waals surface area contributed by atoms with E-state index in [1.54, 1.807) is 0 Å². The number of benzene rings is 2. The molecule has 1 fully saturated rings. The Morgan fingerprint density at radius 3 is 2.81 bits per heavy atom. The maximum atomic E-state index is 13.4. The highest BCUT2D eigenvalue weighted by Crippen LogP contribution is 2.34. The van der Waals surface area contributed by atoms with Crippen molar-refractivity contribution in [3.63, 3.8) is 0 Å². The number of halogens is 1. The van der Waals surface area contributed by atoms with Crippen LogP contribution in [-0.2, 0) is 0 Å². The molecule has 0 amide bonds. The van der Waals surface area contributed by atoms with Crippen LogP contribution >= 0.6 is 0 Å². The van der Waals surface area contributed by atoms with Gasteiger partial charge in [0.05, 0.1) is 11.1 Å². The van der Waals surface area contributed by atoms with Crippen LogP contribution in [0.5, 0.6) is 5.75 Å². The standard InChI is InChI=1S/C20H21FN4O/c1-12-2-4-15-17(8-12)23-19(16-5-3-14(21)9-18(16)26)24-20(15)25-7-6-13(10-22)11-25/h2-5,8-9,13,26H,6-7,10-11,22H2,1H3. The lowest BCUT2D eigenvalue weighted by molar-refractivity contribution is 0.470. The van der Waals surface area contributed by atoms with Gasteiger partial charge < -0.3 is 15.7 Å². The van der Waals surface area contributed by atoms with Gasteiger partial charge in [0.25, 0.3) is 0 Å². The molecular formula is C20H21FN4O. The van der Waals surface area contributed by atoms with Crippen LogP contribution in [0.1, 0.15) is 12.0 Å². The molecule has 6 heteroatoms. The van der Waals surface area contributed by atoms with Crippen molar-refractivity contribution >= 4 is 16.7 Å². The van der Waals surface area contributed by atoms with Gasteiger partial charge in [0.2, 0.25) is 0 Å². The molecule has 1 aliphatic heterocycles. The van der Waals surface area contributed by atoms with Crippen molar-refractivity contribution in [1.82, 2.24) is 9.97 Å².